The van der Waals surface area contributed by atoms with E-state index in [2.05, 4.69) is 0 Å². The number of amides is 1. The van der Waals surface area contributed by atoms with E-state index in [9.17, 15) is 4.79 Å². The van der Waals surface area contributed by atoms with Gasteiger partial charge in [0.1, 0.15) is 0 Å². The molecule has 3 nitrogen and oxygen atoms in total. The van der Waals surface area contributed by atoms with Crippen molar-refractivity contribution in [3.05, 3.63) is 34.9 Å². The van der Waals surface area contributed by atoms with Gasteiger partial charge in [0.2, 0.25) is 0 Å². The Hall–Kier alpha value is -1.06. The number of hydrogen-bond acceptors (Lipinski definition) is 2. The van der Waals surface area contributed by atoms with Crippen LogP contribution in [0.15, 0.2) is 24.3 Å². The lowest BCUT2D eigenvalue weighted by molar-refractivity contribution is 0.0663. The Morgan fingerprint density at radius 3 is 2.65 bits per heavy atom. The maximum Gasteiger partial charge on any atom is 0.253 e. The fraction of sp³-hybridized carbons (Fsp3) is 0.462. The minimum Gasteiger partial charge on any atom is -0.369 e. The van der Waals surface area contributed by atoms with Crippen molar-refractivity contribution in [2.45, 2.75) is 18.4 Å². The van der Waals surface area contributed by atoms with E-state index in [1.54, 1.807) is 12.1 Å². The van der Waals surface area contributed by atoms with E-state index in [0.29, 0.717) is 10.6 Å². The summed E-state index contributed by atoms with van der Waals surface area (Å²) in [5, 5.41) is 0.606. The van der Waals surface area contributed by atoms with Crippen LogP contribution in [-0.4, -0.2) is 36.1 Å². The Bertz CT molecular complexity index is 446. The van der Waals surface area contributed by atoms with Gasteiger partial charge in [0, 0.05) is 23.7 Å². The number of likely N-dealkylation sites (tertiary alicyclic amines) is 1. The molecule has 0 aliphatic carbocycles. The average molecular weight is 252 g/mol. The summed E-state index contributed by atoms with van der Waals surface area (Å²) in [4.78, 5) is 14.1. The number of rotatable bonds is 1. The number of benzene rings is 1. The molecule has 4 heteroatoms. The van der Waals surface area contributed by atoms with Gasteiger partial charge in [-0.3, -0.25) is 4.79 Å². The Kier molecular flexibility index (Phi) is 2.60. The number of halogens is 1. The molecular formula is C13H14ClNO2. The molecule has 0 unspecified atom stereocenters. The molecule has 2 saturated heterocycles. The summed E-state index contributed by atoms with van der Waals surface area (Å²) in [6.45, 7) is 2.43. The normalized spacial score (nSPS) is 21.6. The molecule has 3 rings (SSSR count). The fourth-order valence-electron chi connectivity index (χ4n) is 2.31. The molecule has 1 spiro atoms. The van der Waals surface area contributed by atoms with Crippen molar-refractivity contribution in [1.29, 1.82) is 0 Å². The van der Waals surface area contributed by atoms with Crippen LogP contribution in [0.4, 0.5) is 0 Å². The number of ether oxygens (including phenoxy) is 1. The quantitative estimate of drug-likeness (QED) is 0.718. The molecule has 17 heavy (non-hydrogen) atoms. The van der Waals surface area contributed by atoms with Crippen molar-refractivity contribution in [3.63, 3.8) is 0 Å². The zero-order chi connectivity index (χ0) is 11.9. The third-order valence-corrected chi connectivity index (χ3v) is 3.82. The molecule has 0 aromatic heterocycles. The zero-order valence-corrected chi connectivity index (χ0v) is 10.2. The predicted octanol–water partition coefficient (Wildman–Crippen LogP) is 2.34. The molecule has 1 aromatic carbocycles. The summed E-state index contributed by atoms with van der Waals surface area (Å²) >= 11 is 5.89. The zero-order valence-electron chi connectivity index (χ0n) is 9.49. The molecule has 0 saturated carbocycles. The molecule has 0 radical (unpaired) electrons. The number of carbonyl (C=O) groups is 1. The largest absolute Gasteiger partial charge is 0.369 e. The second-order valence-corrected chi connectivity index (χ2v) is 5.21. The molecular weight excluding hydrogens is 238 g/mol. The molecule has 0 bridgehead atoms. The van der Waals surface area contributed by atoms with E-state index in [-0.39, 0.29) is 11.5 Å². The van der Waals surface area contributed by atoms with Crippen LogP contribution >= 0.6 is 11.6 Å². The Morgan fingerprint density at radius 2 is 2.06 bits per heavy atom. The van der Waals surface area contributed by atoms with E-state index in [1.165, 1.54) is 0 Å². The Labute approximate surface area is 105 Å². The number of hydrogen-bond donors (Lipinski definition) is 0. The number of carbonyl (C=O) groups excluding carboxylic acids is 1. The van der Waals surface area contributed by atoms with Crippen LogP contribution in [0.3, 0.4) is 0 Å². The van der Waals surface area contributed by atoms with Crippen LogP contribution in [-0.2, 0) is 4.74 Å². The molecule has 2 aliphatic heterocycles. The summed E-state index contributed by atoms with van der Waals surface area (Å²) in [5.41, 5.74) is 0.788. The standard InChI is InChI=1S/C13H14ClNO2/c14-11-3-1-2-10(8-11)12(16)15-6-4-13(5-7-15)9-17-13/h1-3,8H,4-7,9H2. The topological polar surface area (TPSA) is 32.8 Å². The van der Waals surface area contributed by atoms with Gasteiger partial charge < -0.3 is 9.64 Å². The second-order valence-electron chi connectivity index (χ2n) is 4.77. The first-order chi connectivity index (χ1) is 8.19. The predicted molar refractivity (Wildman–Crippen MR) is 65.3 cm³/mol. The number of epoxide rings is 1. The van der Waals surface area contributed by atoms with Gasteiger partial charge in [-0.2, -0.15) is 0 Å². The first-order valence-corrected chi connectivity index (χ1v) is 6.25. The molecule has 2 fully saturated rings. The van der Waals surface area contributed by atoms with Crippen LogP contribution in [0, 0.1) is 0 Å². The number of piperidine rings is 1. The van der Waals surface area contributed by atoms with Gasteiger partial charge in [-0.1, -0.05) is 17.7 Å². The van der Waals surface area contributed by atoms with Gasteiger partial charge in [-0.15, -0.1) is 0 Å². The summed E-state index contributed by atoms with van der Waals surface area (Å²) < 4.78 is 5.43. The maximum atomic E-state index is 12.2. The van der Waals surface area contributed by atoms with Crippen molar-refractivity contribution >= 4 is 17.5 Å². The van der Waals surface area contributed by atoms with Gasteiger partial charge in [-0.05, 0) is 31.0 Å². The van der Waals surface area contributed by atoms with E-state index in [1.807, 2.05) is 17.0 Å². The van der Waals surface area contributed by atoms with Crippen LogP contribution in [0.2, 0.25) is 5.02 Å². The SMILES string of the molecule is O=C(c1cccc(Cl)c1)N1CCC2(CC1)CO2. The minimum atomic E-state index is 0.0722. The van der Waals surface area contributed by atoms with E-state index in [4.69, 9.17) is 16.3 Å². The summed E-state index contributed by atoms with van der Waals surface area (Å²) in [6, 6.07) is 7.13. The molecule has 1 amide bonds. The van der Waals surface area contributed by atoms with Crippen LogP contribution in [0.25, 0.3) is 0 Å². The monoisotopic (exact) mass is 251 g/mol. The second kappa shape index (κ2) is 4.00. The summed E-state index contributed by atoms with van der Waals surface area (Å²) in [7, 11) is 0. The highest BCUT2D eigenvalue weighted by atomic mass is 35.5. The first kappa shape index (κ1) is 11.1. The highest BCUT2D eigenvalue weighted by molar-refractivity contribution is 6.30. The van der Waals surface area contributed by atoms with E-state index >= 15 is 0 Å². The molecule has 2 heterocycles. The van der Waals surface area contributed by atoms with Crippen molar-refractivity contribution in [1.82, 2.24) is 4.90 Å². The third-order valence-electron chi connectivity index (χ3n) is 3.59. The molecule has 2 aliphatic rings. The minimum absolute atomic E-state index is 0.0722. The summed E-state index contributed by atoms with van der Waals surface area (Å²) in [6.07, 6.45) is 1.92. The first-order valence-electron chi connectivity index (χ1n) is 5.87. The lowest BCUT2D eigenvalue weighted by Crippen LogP contribution is -2.41. The molecule has 1 aromatic rings. The van der Waals surface area contributed by atoms with Crippen molar-refractivity contribution in [2.24, 2.45) is 0 Å². The average Bonchev–Trinajstić information content (AvgIpc) is 3.09. The van der Waals surface area contributed by atoms with Gasteiger partial charge >= 0.3 is 0 Å². The van der Waals surface area contributed by atoms with E-state index in [0.717, 1.165) is 32.5 Å². The Morgan fingerprint density at radius 1 is 1.35 bits per heavy atom. The van der Waals surface area contributed by atoms with E-state index < -0.39 is 0 Å². The van der Waals surface area contributed by atoms with Gasteiger partial charge in [-0.25, -0.2) is 0 Å². The smallest absolute Gasteiger partial charge is 0.253 e. The van der Waals surface area contributed by atoms with Gasteiger partial charge in [0.15, 0.2) is 0 Å². The lowest BCUT2D eigenvalue weighted by atomic mass is 9.97. The lowest BCUT2D eigenvalue weighted by Gasteiger charge is -2.30. The fourth-order valence-corrected chi connectivity index (χ4v) is 2.50. The highest BCUT2D eigenvalue weighted by Crippen LogP contribution is 2.37. The van der Waals surface area contributed by atoms with Crippen molar-refractivity contribution < 1.29 is 9.53 Å². The highest BCUT2D eigenvalue weighted by Gasteiger charge is 2.47. The van der Waals surface area contributed by atoms with Crippen LogP contribution in [0.1, 0.15) is 23.2 Å². The van der Waals surface area contributed by atoms with Crippen LogP contribution in [0.5, 0.6) is 0 Å². The third kappa shape index (κ3) is 2.17. The molecule has 0 N–H and O–H groups in total. The van der Waals surface area contributed by atoms with Gasteiger partial charge in [0.25, 0.3) is 5.91 Å². The summed E-state index contributed by atoms with van der Waals surface area (Å²) in [5.74, 6) is 0.0722. The maximum absolute atomic E-state index is 12.2. The van der Waals surface area contributed by atoms with Crippen molar-refractivity contribution in [3.8, 4) is 0 Å². The number of nitrogens with zero attached hydrogens (tertiary/aromatic N) is 1. The Balaban J connectivity index is 1.70. The van der Waals surface area contributed by atoms with Gasteiger partial charge in [0.05, 0.1) is 12.2 Å². The molecule has 90 valence electrons. The van der Waals surface area contributed by atoms with Crippen molar-refractivity contribution in [2.75, 3.05) is 19.7 Å². The molecule has 0 atom stereocenters. The van der Waals surface area contributed by atoms with Crippen LogP contribution < -0.4 is 0 Å².